The van der Waals surface area contributed by atoms with Crippen molar-refractivity contribution < 1.29 is 4.92 Å². The molecule has 0 aromatic heterocycles. The molecule has 1 rings (SSSR count). The van der Waals surface area contributed by atoms with Crippen LogP contribution in [-0.2, 0) is 0 Å². The van der Waals surface area contributed by atoms with Crippen LogP contribution in [0.5, 0.6) is 0 Å². The monoisotopic (exact) mass is 264 g/mol. The Kier molecular flexibility index (Phi) is 5.48. The van der Waals surface area contributed by atoms with Gasteiger partial charge in [-0.15, -0.1) is 0 Å². The predicted molar refractivity (Wildman–Crippen MR) is 78.6 cm³/mol. The van der Waals surface area contributed by atoms with Crippen LogP contribution in [0, 0.1) is 23.0 Å². The average molecular weight is 264 g/mol. The molecule has 0 aliphatic carbocycles. The van der Waals surface area contributed by atoms with E-state index in [1.807, 2.05) is 13.0 Å². The second kappa shape index (κ2) is 6.66. The van der Waals surface area contributed by atoms with Gasteiger partial charge in [-0.05, 0) is 31.9 Å². The molecule has 1 aromatic carbocycles. The lowest BCUT2D eigenvalue weighted by atomic mass is 9.80. The SMILES string of the molecule is CCNC(C)C(c1c(C)cccc1[N+](=O)[O-])C(C)C. The Morgan fingerprint density at radius 3 is 2.42 bits per heavy atom. The van der Waals surface area contributed by atoms with Crippen LogP contribution >= 0.6 is 0 Å². The summed E-state index contributed by atoms with van der Waals surface area (Å²) in [6.07, 6.45) is 0. The van der Waals surface area contributed by atoms with E-state index in [1.165, 1.54) is 0 Å². The molecule has 0 amide bonds. The highest BCUT2D eigenvalue weighted by Gasteiger charge is 2.30. The van der Waals surface area contributed by atoms with Gasteiger partial charge in [-0.25, -0.2) is 0 Å². The quantitative estimate of drug-likeness (QED) is 0.630. The Balaban J connectivity index is 3.33. The summed E-state index contributed by atoms with van der Waals surface area (Å²) in [6, 6.07) is 5.53. The number of nitro benzene ring substituents is 1. The highest BCUT2D eigenvalue weighted by atomic mass is 16.6. The van der Waals surface area contributed by atoms with Gasteiger partial charge in [-0.1, -0.05) is 32.9 Å². The zero-order valence-corrected chi connectivity index (χ0v) is 12.4. The predicted octanol–water partition coefficient (Wildman–Crippen LogP) is 3.64. The van der Waals surface area contributed by atoms with E-state index in [9.17, 15) is 10.1 Å². The number of benzene rings is 1. The van der Waals surface area contributed by atoms with Gasteiger partial charge in [0.05, 0.1) is 4.92 Å². The lowest BCUT2D eigenvalue weighted by Crippen LogP contribution is -2.35. The Morgan fingerprint density at radius 1 is 1.32 bits per heavy atom. The van der Waals surface area contributed by atoms with Crippen molar-refractivity contribution in [1.82, 2.24) is 5.32 Å². The van der Waals surface area contributed by atoms with Gasteiger partial charge in [0, 0.05) is 23.6 Å². The standard InChI is InChI=1S/C15H24N2O2/c1-6-16-12(5)14(10(2)3)15-11(4)8-7-9-13(15)17(18)19/h7-10,12,14,16H,6H2,1-5H3. The van der Waals surface area contributed by atoms with Gasteiger partial charge in [0.2, 0.25) is 0 Å². The molecule has 0 radical (unpaired) electrons. The van der Waals surface area contributed by atoms with Crippen LogP contribution in [-0.4, -0.2) is 17.5 Å². The van der Waals surface area contributed by atoms with E-state index in [1.54, 1.807) is 12.1 Å². The first-order valence-electron chi connectivity index (χ1n) is 6.87. The number of nitro groups is 1. The third-order valence-electron chi connectivity index (χ3n) is 3.61. The van der Waals surface area contributed by atoms with Crippen LogP contribution in [0.25, 0.3) is 0 Å². The fourth-order valence-electron chi connectivity index (χ4n) is 2.87. The molecule has 4 nitrogen and oxygen atoms in total. The third-order valence-corrected chi connectivity index (χ3v) is 3.61. The Labute approximate surface area is 115 Å². The van der Waals surface area contributed by atoms with E-state index in [-0.39, 0.29) is 22.6 Å². The van der Waals surface area contributed by atoms with Crippen molar-refractivity contribution in [3.8, 4) is 0 Å². The first-order chi connectivity index (χ1) is 8.90. The van der Waals surface area contributed by atoms with Crippen LogP contribution in [0.15, 0.2) is 18.2 Å². The summed E-state index contributed by atoms with van der Waals surface area (Å²) in [6.45, 7) is 11.2. The maximum atomic E-state index is 11.3. The van der Waals surface area contributed by atoms with Gasteiger partial charge >= 0.3 is 0 Å². The summed E-state index contributed by atoms with van der Waals surface area (Å²) in [5, 5.41) is 14.7. The molecule has 4 heteroatoms. The van der Waals surface area contributed by atoms with Crippen molar-refractivity contribution in [1.29, 1.82) is 0 Å². The lowest BCUT2D eigenvalue weighted by Gasteiger charge is -2.29. The number of likely N-dealkylation sites (N-methyl/N-ethyl adjacent to an activating group) is 1. The van der Waals surface area contributed by atoms with Crippen molar-refractivity contribution in [3.63, 3.8) is 0 Å². The normalized spacial score (nSPS) is 14.4. The van der Waals surface area contributed by atoms with E-state index in [2.05, 4.69) is 33.0 Å². The molecule has 0 fully saturated rings. The minimum absolute atomic E-state index is 0.140. The molecule has 106 valence electrons. The van der Waals surface area contributed by atoms with E-state index in [0.29, 0.717) is 5.92 Å². The first kappa shape index (κ1) is 15.6. The molecule has 0 saturated carbocycles. The lowest BCUT2D eigenvalue weighted by molar-refractivity contribution is -0.385. The molecule has 0 saturated heterocycles. The van der Waals surface area contributed by atoms with Crippen LogP contribution in [0.4, 0.5) is 5.69 Å². The van der Waals surface area contributed by atoms with Gasteiger partial charge in [-0.2, -0.15) is 0 Å². The molecular formula is C15H24N2O2. The minimum atomic E-state index is -0.267. The average Bonchev–Trinajstić information content (AvgIpc) is 2.31. The van der Waals surface area contributed by atoms with Crippen molar-refractivity contribution in [3.05, 3.63) is 39.4 Å². The van der Waals surface area contributed by atoms with Gasteiger partial charge in [0.15, 0.2) is 0 Å². The molecule has 2 unspecified atom stereocenters. The number of nitrogens with one attached hydrogen (secondary N) is 1. The number of rotatable bonds is 6. The maximum Gasteiger partial charge on any atom is 0.273 e. The maximum absolute atomic E-state index is 11.3. The largest absolute Gasteiger partial charge is 0.314 e. The summed E-state index contributed by atoms with van der Waals surface area (Å²) in [5.74, 6) is 0.482. The van der Waals surface area contributed by atoms with Gasteiger partial charge < -0.3 is 5.32 Å². The summed E-state index contributed by atoms with van der Waals surface area (Å²) >= 11 is 0. The highest BCUT2D eigenvalue weighted by molar-refractivity contribution is 5.48. The van der Waals surface area contributed by atoms with E-state index in [0.717, 1.165) is 17.7 Å². The van der Waals surface area contributed by atoms with E-state index < -0.39 is 0 Å². The second-order valence-corrected chi connectivity index (χ2v) is 5.38. The minimum Gasteiger partial charge on any atom is -0.314 e. The number of aryl methyl sites for hydroxylation is 1. The van der Waals surface area contributed by atoms with Crippen LogP contribution in [0.3, 0.4) is 0 Å². The van der Waals surface area contributed by atoms with Crippen molar-refractivity contribution in [2.24, 2.45) is 5.92 Å². The summed E-state index contributed by atoms with van der Waals surface area (Å²) in [5.41, 5.74) is 2.11. The Hall–Kier alpha value is -1.42. The topological polar surface area (TPSA) is 55.2 Å². The third kappa shape index (κ3) is 3.53. The zero-order valence-electron chi connectivity index (χ0n) is 12.4. The highest BCUT2D eigenvalue weighted by Crippen LogP contribution is 2.36. The molecule has 0 aliphatic heterocycles. The first-order valence-corrected chi connectivity index (χ1v) is 6.87. The Morgan fingerprint density at radius 2 is 1.95 bits per heavy atom. The van der Waals surface area contributed by atoms with Crippen LogP contribution in [0.2, 0.25) is 0 Å². The smallest absolute Gasteiger partial charge is 0.273 e. The molecule has 0 heterocycles. The summed E-state index contributed by atoms with van der Waals surface area (Å²) in [7, 11) is 0. The van der Waals surface area contributed by atoms with Crippen molar-refractivity contribution >= 4 is 5.69 Å². The van der Waals surface area contributed by atoms with Gasteiger partial charge in [0.25, 0.3) is 5.69 Å². The van der Waals surface area contributed by atoms with E-state index >= 15 is 0 Å². The van der Waals surface area contributed by atoms with Gasteiger partial charge in [-0.3, -0.25) is 10.1 Å². The molecule has 1 N–H and O–H groups in total. The van der Waals surface area contributed by atoms with Gasteiger partial charge in [0.1, 0.15) is 0 Å². The van der Waals surface area contributed by atoms with Crippen molar-refractivity contribution in [2.75, 3.05) is 6.54 Å². The number of nitrogens with zero attached hydrogens (tertiary/aromatic N) is 1. The fraction of sp³-hybridized carbons (Fsp3) is 0.600. The molecule has 0 aliphatic rings. The molecule has 0 spiro atoms. The summed E-state index contributed by atoms with van der Waals surface area (Å²) < 4.78 is 0. The number of hydrogen-bond acceptors (Lipinski definition) is 3. The zero-order chi connectivity index (χ0) is 14.6. The molecule has 19 heavy (non-hydrogen) atoms. The van der Waals surface area contributed by atoms with Crippen molar-refractivity contribution in [2.45, 2.75) is 46.6 Å². The molecule has 0 bridgehead atoms. The molecular weight excluding hydrogens is 240 g/mol. The van der Waals surface area contributed by atoms with E-state index in [4.69, 9.17) is 0 Å². The molecule has 1 aromatic rings. The Bertz CT molecular complexity index is 444. The van der Waals surface area contributed by atoms with Crippen LogP contribution < -0.4 is 5.32 Å². The van der Waals surface area contributed by atoms with Crippen LogP contribution in [0.1, 0.15) is 44.7 Å². The summed E-state index contributed by atoms with van der Waals surface area (Å²) in [4.78, 5) is 11.0. The second-order valence-electron chi connectivity index (χ2n) is 5.38. The molecule has 2 atom stereocenters. The number of hydrogen-bond donors (Lipinski definition) is 1. The fourth-order valence-corrected chi connectivity index (χ4v) is 2.87.